The van der Waals surface area contributed by atoms with Crippen molar-refractivity contribution in [3.63, 3.8) is 0 Å². The van der Waals surface area contributed by atoms with E-state index in [9.17, 15) is 14.4 Å². The fourth-order valence-corrected chi connectivity index (χ4v) is 3.33. The summed E-state index contributed by atoms with van der Waals surface area (Å²) in [4.78, 5) is 41.1. The second-order valence-corrected chi connectivity index (χ2v) is 8.80. The highest BCUT2D eigenvalue weighted by Crippen LogP contribution is 2.20. The third-order valence-electron chi connectivity index (χ3n) is 4.71. The van der Waals surface area contributed by atoms with Gasteiger partial charge in [0, 0.05) is 19.6 Å². The molecule has 1 heterocycles. The maximum absolute atomic E-state index is 12.4. The summed E-state index contributed by atoms with van der Waals surface area (Å²) in [5.74, 6) is -0.270. The fourth-order valence-electron chi connectivity index (χ4n) is 3.33. The zero-order valence-corrected chi connectivity index (χ0v) is 20.8. The van der Waals surface area contributed by atoms with E-state index < -0.39 is 30.1 Å². The predicted molar refractivity (Wildman–Crippen MR) is 127 cm³/mol. The lowest BCUT2D eigenvalue weighted by atomic mass is 10.0. The standard InChI is InChI=1S/C23H40N4O7/c1-6-15-33-21(29)26-20(24)27-14-11-12-17(25-22(30)34-23(3,4)5)19(27)32-16-10-8-9-13-18(28)31-7-2/h6,17,19H,1,7-16H2,2-5H3,(H,25,30)(H2,24,26,29). The third-order valence-corrected chi connectivity index (χ3v) is 4.71. The van der Waals surface area contributed by atoms with Crippen LogP contribution in [0.1, 0.15) is 66.2 Å². The number of carbonyl (C=O) groups is 3. The Kier molecular flexibility index (Phi) is 13.0. The van der Waals surface area contributed by atoms with Crippen molar-refractivity contribution in [2.75, 3.05) is 26.4 Å². The van der Waals surface area contributed by atoms with E-state index in [1.165, 1.54) is 6.08 Å². The number of likely N-dealkylation sites (tertiary alicyclic amines) is 1. The van der Waals surface area contributed by atoms with Crippen molar-refractivity contribution in [3.8, 4) is 0 Å². The highest BCUT2D eigenvalue weighted by Gasteiger charge is 2.35. The lowest BCUT2D eigenvalue weighted by Gasteiger charge is -2.41. The van der Waals surface area contributed by atoms with Crippen LogP contribution in [0.4, 0.5) is 9.59 Å². The Morgan fingerprint density at radius 2 is 1.94 bits per heavy atom. The maximum atomic E-state index is 12.4. The van der Waals surface area contributed by atoms with Crippen molar-refractivity contribution >= 4 is 24.1 Å². The molecule has 1 saturated heterocycles. The topological polar surface area (TPSA) is 142 Å². The van der Waals surface area contributed by atoms with Crippen LogP contribution in [-0.2, 0) is 23.7 Å². The summed E-state index contributed by atoms with van der Waals surface area (Å²) < 4.78 is 21.3. The molecule has 1 fully saturated rings. The van der Waals surface area contributed by atoms with E-state index in [0.717, 1.165) is 6.42 Å². The van der Waals surface area contributed by atoms with Crippen molar-refractivity contribution < 1.29 is 33.3 Å². The van der Waals surface area contributed by atoms with Gasteiger partial charge in [-0.1, -0.05) is 19.1 Å². The van der Waals surface area contributed by atoms with Gasteiger partial charge in [-0.3, -0.25) is 4.79 Å². The Bertz CT molecular complexity index is 706. The van der Waals surface area contributed by atoms with E-state index in [1.807, 2.05) is 0 Å². The van der Waals surface area contributed by atoms with Crippen LogP contribution in [0, 0.1) is 0 Å². The first-order valence-corrected chi connectivity index (χ1v) is 11.7. The number of hydrogen-bond acceptors (Lipinski definition) is 7. The van der Waals surface area contributed by atoms with Gasteiger partial charge in [-0.25, -0.2) is 9.59 Å². The van der Waals surface area contributed by atoms with Crippen LogP contribution >= 0.6 is 0 Å². The molecule has 3 N–H and O–H groups in total. The Hall–Kier alpha value is -2.82. The number of aliphatic imine (C=N–C) groups is 1. The molecule has 1 aliphatic rings. The van der Waals surface area contributed by atoms with E-state index in [2.05, 4.69) is 16.9 Å². The highest BCUT2D eigenvalue weighted by atomic mass is 16.6. The lowest BCUT2D eigenvalue weighted by Crippen LogP contribution is -2.60. The van der Waals surface area contributed by atoms with E-state index in [1.54, 1.807) is 32.6 Å². The van der Waals surface area contributed by atoms with Gasteiger partial charge in [0.2, 0.25) is 5.96 Å². The minimum atomic E-state index is -0.836. The Labute approximate surface area is 202 Å². The molecule has 0 aromatic heterocycles. The number of amides is 2. The minimum absolute atomic E-state index is 0.0180. The lowest BCUT2D eigenvalue weighted by molar-refractivity contribution is -0.143. The molecule has 1 rings (SSSR count). The van der Waals surface area contributed by atoms with Crippen molar-refractivity contribution in [1.29, 1.82) is 0 Å². The van der Waals surface area contributed by atoms with Crippen molar-refractivity contribution in [2.45, 2.75) is 84.1 Å². The molecule has 2 amide bonds. The monoisotopic (exact) mass is 484 g/mol. The SMILES string of the molecule is C=CCOC(=O)N=C(N)N1CCCC(NC(=O)OC(C)(C)C)C1OCCCCCC(=O)OCC. The molecule has 1 aliphatic heterocycles. The van der Waals surface area contributed by atoms with E-state index >= 15 is 0 Å². The second kappa shape index (κ2) is 15.2. The van der Waals surface area contributed by atoms with Crippen LogP contribution in [0.25, 0.3) is 0 Å². The van der Waals surface area contributed by atoms with Gasteiger partial charge in [-0.2, -0.15) is 0 Å². The zero-order chi connectivity index (χ0) is 25.6. The molecule has 34 heavy (non-hydrogen) atoms. The largest absolute Gasteiger partial charge is 0.466 e. The molecular formula is C23H40N4O7. The molecular weight excluding hydrogens is 444 g/mol. The molecule has 11 nitrogen and oxygen atoms in total. The molecule has 0 radical (unpaired) electrons. The van der Waals surface area contributed by atoms with Crippen LogP contribution in [0.15, 0.2) is 17.6 Å². The summed E-state index contributed by atoms with van der Waals surface area (Å²) in [5.41, 5.74) is 5.44. The van der Waals surface area contributed by atoms with E-state index in [0.29, 0.717) is 51.9 Å². The number of rotatable bonds is 11. The smallest absolute Gasteiger partial charge is 0.437 e. The second-order valence-electron chi connectivity index (χ2n) is 8.80. The summed E-state index contributed by atoms with van der Waals surface area (Å²) in [6.45, 7) is 11.8. The van der Waals surface area contributed by atoms with Gasteiger partial charge in [0.15, 0.2) is 6.23 Å². The molecule has 0 spiro atoms. The number of piperidine rings is 1. The molecule has 0 saturated carbocycles. The molecule has 194 valence electrons. The average Bonchev–Trinajstić information content (AvgIpc) is 2.74. The quantitative estimate of drug-likeness (QED) is 0.113. The fraction of sp³-hybridized carbons (Fsp3) is 0.739. The first-order chi connectivity index (χ1) is 16.1. The van der Waals surface area contributed by atoms with Gasteiger partial charge < -0.3 is 34.9 Å². The van der Waals surface area contributed by atoms with E-state index in [4.69, 9.17) is 24.7 Å². The van der Waals surface area contributed by atoms with Crippen molar-refractivity contribution in [1.82, 2.24) is 10.2 Å². The first kappa shape index (κ1) is 29.2. The Morgan fingerprint density at radius 1 is 1.21 bits per heavy atom. The Balaban J connectivity index is 2.80. The number of unbranched alkanes of at least 4 members (excludes halogenated alkanes) is 2. The zero-order valence-electron chi connectivity index (χ0n) is 20.8. The van der Waals surface area contributed by atoms with Gasteiger partial charge in [0.25, 0.3) is 0 Å². The van der Waals surface area contributed by atoms with Crippen molar-refractivity contribution in [2.24, 2.45) is 10.7 Å². The van der Waals surface area contributed by atoms with Gasteiger partial charge in [0.1, 0.15) is 12.2 Å². The number of alkyl carbamates (subject to hydrolysis) is 1. The number of esters is 1. The van der Waals surface area contributed by atoms with Crippen molar-refractivity contribution in [3.05, 3.63) is 12.7 Å². The molecule has 0 bridgehead atoms. The molecule has 11 heteroatoms. The van der Waals surface area contributed by atoms with Gasteiger partial charge in [-0.15, -0.1) is 4.99 Å². The van der Waals surface area contributed by atoms with Crippen LogP contribution in [0.5, 0.6) is 0 Å². The van der Waals surface area contributed by atoms with E-state index in [-0.39, 0.29) is 18.5 Å². The number of carbonyl (C=O) groups excluding carboxylic acids is 3. The number of nitrogens with two attached hydrogens (primary N) is 1. The summed E-state index contributed by atoms with van der Waals surface area (Å²) in [6, 6.07) is -0.430. The Morgan fingerprint density at radius 3 is 2.59 bits per heavy atom. The van der Waals surface area contributed by atoms with Gasteiger partial charge >= 0.3 is 18.2 Å². The van der Waals surface area contributed by atoms with Gasteiger partial charge in [0.05, 0.1) is 12.6 Å². The first-order valence-electron chi connectivity index (χ1n) is 11.7. The molecule has 2 atom stereocenters. The number of hydrogen-bond donors (Lipinski definition) is 2. The highest BCUT2D eigenvalue weighted by molar-refractivity contribution is 5.89. The summed E-state index contributed by atoms with van der Waals surface area (Å²) in [7, 11) is 0. The number of ether oxygens (including phenoxy) is 4. The number of guanidine groups is 1. The summed E-state index contributed by atoms with van der Waals surface area (Å²) in [6.07, 6.45) is 3.22. The maximum Gasteiger partial charge on any atom is 0.437 e. The van der Waals surface area contributed by atoms with Crippen LogP contribution in [0.2, 0.25) is 0 Å². The third kappa shape index (κ3) is 11.9. The molecule has 2 unspecified atom stereocenters. The van der Waals surface area contributed by atoms with Crippen LogP contribution in [0.3, 0.4) is 0 Å². The molecule has 0 aliphatic carbocycles. The van der Waals surface area contributed by atoms with Gasteiger partial charge in [-0.05, 0) is 53.4 Å². The number of nitrogens with one attached hydrogen (secondary N) is 1. The normalized spacial score (nSPS) is 18.7. The average molecular weight is 485 g/mol. The summed E-state index contributed by atoms with van der Waals surface area (Å²) >= 11 is 0. The summed E-state index contributed by atoms with van der Waals surface area (Å²) in [5, 5.41) is 2.85. The minimum Gasteiger partial charge on any atom is -0.466 e. The van der Waals surface area contributed by atoms with Crippen LogP contribution < -0.4 is 11.1 Å². The molecule has 0 aromatic rings. The molecule has 0 aromatic carbocycles. The van der Waals surface area contributed by atoms with Crippen LogP contribution in [-0.4, -0.2) is 73.3 Å². The predicted octanol–water partition coefficient (Wildman–Crippen LogP) is 3.08. The number of nitrogens with zero attached hydrogens (tertiary/aromatic N) is 2.